The number of halogens is 3. The van der Waals surface area contributed by atoms with Gasteiger partial charge in [-0.1, -0.05) is 49.7 Å². The molecule has 1 aromatic heterocycles. The van der Waals surface area contributed by atoms with Crippen molar-refractivity contribution in [2.24, 2.45) is 0 Å². The molecule has 0 fully saturated rings. The molecule has 67 heavy (non-hydrogen) atoms. The van der Waals surface area contributed by atoms with Crippen LogP contribution in [-0.2, 0) is 44.5 Å². The lowest BCUT2D eigenvalue weighted by Crippen LogP contribution is -2.27. The third kappa shape index (κ3) is 17.2. The number of benzene rings is 4. The first kappa shape index (κ1) is 51.8. The Bertz CT molecular complexity index is 2340. The number of aryl methyl sites for hydroxylation is 2. The van der Waals surface area contributed by atoms with Gasteiger partial charge in [-0.25, -0.2) is 0 Å². The van der Waals surface area contributed by atoms with E-state index in [2.05, 4.69) is 32.8 Å². The Balaban J connectivity index is 1.01. The second-order valence-electron chi connectivity index (χ2n) is 15.6. The van der Waals surface area contributed by atoms with Crippen LogP contribution in [0.3, 0.4) is 0 Å². The van der Waals surface area contributed by atoms with Crippen molar-refractivity contribution in [3.63, 3.8) is 0 Å². The molecule has 0 aliphatic rings. The van der Waals surface area contributed by atoms with E-state index in [1.54, 1.807) is 12.1 Å². The summed E-state index contributed by atoms with van der Waals surface area (Å²) < 4.78 is 62.2. The number of nitrogens with zero attached hydrogens (tertiary/aromatic N) is 2. The van der Waals surface area contributed by atoms with Gasteiger partial charge in [-0.15, -0.1) is 0 Å². The van der Waals surface area contributed by atoms with Crippen molar-refractivity contribution >= 4 is 29.1 Å². The molecule has 12 nitrogen and oxygen atoms in total. The molecule has 358 valence electrons. The Morgan fingerprint density at radius 1 is 0.597 bits per heavy atom. The minimum atomic E-state index is -4.49. The molecule has 0 radical (unpaired) electrons. The van der Waals surface area contributed by atoms with Gasteiger partial charge in [0, 0.05) is 66.9 Å². The van der Waals surface area contributed by atoms with Gasteiger partial charge in [-0.2, -0.15) is 13.2 Å². The van der Waals surface area contributed by atoms with Crippen LogP contribution in [0, 0.1) is 0 Å². The van der Waals surface area contributed by atoms with Gasteiger partial charge in [-0.05, 0) is 117 Å². The highest BCUT2D eigenvalue weighted by Gasteiger charge is 2.30. The summed E-state index contributed by atoms with van der Waals surface area (Å²) in [6.45, 7) is 11.5. The van der Waals surface area contributed by atoms with Crippen molar-refractivity contribution < 1.29 is 46.5 Å². The summed E-state index contributed by atoms with van der Waals surface area (Å²) in [4.78, 5) is 46.0. The average Bonchev–Trinajstić information content (AvgIpc) is 3.34. The lowest BCUT2D eigenvalue weighted by Gasteiger charge is -2.23. The number of amides is 3. The highest BCUT2D eigenvalue weighted by atomic mass is 19.4. The zero-order chi connectivity index (χ0) is 47.9. The zero-order valence-electron chi connectivity index (χ0n) is 38.6. The number of ether oxygens (including phenoxy) is 4. The third-order valence-electron chi connectivity index (χ3n) is 10.7. The molecule has 3 amide bonds. The topological polar surface area (TPSA) is 140 Å². The summed E-state index contributed by atoms with van der Waals surface area (Å²) >= 11 is 0. The van der Waals surface area contributed by atoms with Gasteiger partial charge in [0.05, 0.1) is 63.2 Å². The molecule has 0 bridgehead atoms. The normalized spacial score (nSPS) is 11.3. The number of hydrogen-bond acceptors (Lipinski definition) is 9. The molecule has 0 aliphatic heterocycles. The van der Waals surface area contributed by atoms with Gasteiger partial charge in [0.25, 0.3) is 17.7 Å². The van der Waals surface area contributed by atoms with Gasteiger partial charge in [0.15, 0.2) is 0 Å². The van der Waals surface area contributed by atoms with Crippen molar-refractivity contribution in [3.8, 4) is 11.3 Å². The summed E-state index contributed by atoms with van der Waals surface area (Å²) in [5.74, 6) is -0.905. The van der Waals surface area contributed by atoms with Crippen molar-refractivity contribution in [2.75, 3.05) is 82.7 Å². The lowest BCUT2D eigenvalue weighted by atomic mass is 10.0. The standard InChI is InChI=1S/C52H62F3N5O7/c1-4-11-38-12-7-16-41(32-38)49(61)57-23-25-65-27-29-67-31-30-66-28-26-64-24-10-15-39-13-8-17-42(33-39)51(63)59-47-20-19-45(60(5-2)6-3)36-46(47)48-35-43(21-22-56-48)50(62)58-37-40-14-9-18-44(34-40)52(53,54)55/h7-9,12-14,16-22,32-36H,4-6,10-11,15,23-31,37H2,1-3H3,(H,57,61)(H,58,62)(H,59,63). The van der Waals surface area contributed by atoms with E-state index in [1.807, 2.05) is 74.5 Å². The molecule has 4 aromatic carbocycles. The van der Waals surface area contributed by atoms with Crippen molar-refractivity contribution in [2.45, 2.75) is 59.2 Å². The van der Waals surface area contributed by atoms with E-state index >= 15 is 0 Å². The summed E-state index contributed by atoms with van der Waals surface area (Å²) in [5.41, 5.74) is 5.48. The van der Waals surface area contributed by atoms with Crippen LogP contribution in [0.25, 0.3) is 11.3 Å². The fraction of sp³-hybridized carbons (Fsp3) is 0.385. The number of hydrogen-bond donors (Lipinski definition) is 3. The Labute approximate surface area is 391 Å². The number of aromatic nitrogens is 1. The predicted molar refractivity (Wildman–Crippen MR) is 255 cm³/mol. The molecule has 3 N–H and O–H groups in total. The van der Waals surface area contributed by atoms with Crippen molar-refractivity contribution in [1.82, 2.24) is 15.6 Å². The predicted octanol–water partition coefficient (Wildman–Crippen LogP) is 9.18. The maximum atomic E-state index is 13.7. The van der Waals surface area contributed by atoms with Crippen LogP contribution in [0.2, 0.25) is 0 Å². The van der Waals surface area contributed by atoms with Crippen molar-refractivity contribution in [3.05, 3.63) is 148 Å². The van der Waals surface area contributed by atoms with Gasteiger partial charge < -0.3 is 39.8 Å². The first-order valence-corrected chi connectivity index (χ1v) is 22.9. The second-order valence-corrected chi connectivity index (χ2v) is 15.6. The maximum absolute atomic E-state index is 13.7. The molecule has 1 heterocycles. The molecule has 5 aromatic rings. The van der Waals surface area contributed by atoms with Crippen LogP contribution in [0.1, 0.15) is 86.9 Å². The summed E-state index contributed by atoms with van der Waals surface area (Å²) in [5, 5.41) is 8.63. The number of rotatable bonds is 28. The molecule has 0 saturated carbocycles. The minimum absolute atomic E-state index is 0.0995. The summed E-state index contributed by atoms with van der Waals surface area (Å²) in [7, 11) is 0. The zero-order valence-corrected chi connectivity index (χ0v) is 38.6. The molecule has 0 unspecified atom stereocenters. The fourth-order valence-corrected chi connectivity index (χ4v) is 7.20. The van der Waals surface area contributed by atoms with E-state index in [4.69, 9.17) is 18.9 Å². The van der Waals surface area contributed by atoms with Crippen LogP contribution in [0.15, 0.2) is 109 Å². The van der Waals surface area contributed by atoms with E-state index in [9.17, 15) is 27.6 Å². The lowest BCUT2D eigenvalue weighted by molar-refractivity contribution is -0.137. The van der Waals surface area contributed by atoms with E-state index in [-0.39, 0.29) is 23.9 Å². The highest BCUT2D eigenvalue weighted by Crippen LogP contribution is 2.33. The Morgan fingerprint density at radius 2 is 1.18 bits per heavy atom. The van der Waals surface area contributed by atoms with E-state index in [1.165, 1.54) is 24.4 Å². The maximum Gasteiger partial charge on any atom is 0.416 e. The molecular formula is C52H62F3N5O7. The van der Waals surface area contributed by atoms with Gasteiger partial charge in [-0.3, -0.25) is 19.4 Å². The van der Waals surface area contributed by atoms with Crippen LogP contribution in [0.4, 0.5) is 24.5 Å². The van der Waals surface area contributed by atoms with Crippen LogP contribution >= 0.6 is 0 Å². The van der Waals surface area contributed by atoms with Crippen molar-refractivity contribution in [1.29, 1.82) is 0 Å². The highest BCUT2D eigenvalue weighted by molar-refractivity contribution is 6.06. The van der Waals surface area contributed by atoms with Crippen LogP contribution < -0.4 is 20.9 Å². The number of pyridine rings is 1. The number of alkyl halides is 3. The third-order valence-corrected chi connectivity index (χ3v) is 10.7. The average molecular weight is 926 g/mol. The second kappa shape index (κ2) is 27.5. The van der Waals surface area contributed by atoms with Crippen LogP contribution in [0.5, 0.6) is 0 Å². The Kier molecular flexibility index (Phi) is 21.3. The molecule has 0 aliphatic carbocycles. The molecule has 0 atom stereocenters. The van der Waals surface area contributed by atoms with Crippen LogP contribution in [-0.4, -0.2) is 95.2 Å². The molecule has 15 heteroatoms. The summed E-state index contributed by atoms with van der Waals surface area (Å²) in [6, 6.07) is 28.7. The van der Waals surface area contributed by atoms with E-state index < -0.39 is 17.6 Å². The molecular weight excluding hydrogens is 864 g/mol. The SMILES string of the molecule is CCCc1cccc(C(=O)NCCOCCOCCOCCOCCCc2cccc(C(=O)Nc3ccc(N(CC)CC)cc3-c3cc(C(=O)NCc4cccc(C(F)(F)F)c4)ccn3)c2)c1. The van der Waals surface area contributed by atoms with Gasteiger partial charge in [0.1, 0.15) is 0 Å². The molecule has 0 saturated heterocycles. The Morgan fingerprint density at radius 3 is 1.84 bits per heavy atom. The quantitative estimate of drug-likeness (QED) is 0.0419. The first-order chi connectivity index (χ1) is 32.5. The van der Waals surface area contributed by atoms with E-state index in [0.29, 0.717) is 99.5 Å². The molecule has 0 spiro atoms. The first-order valence-electron chi connectivity index (χ1n) is 22.9. The van der Waals surface area contributed by atoms with Gasteiger partial charge in [0.2, 0.25) is 0 Å². The molecule has 5 rings (SSSR count). The van der Waals surface area contributed by atoms with E-state index in [0.717, 1.165) is 61.3 Å². The number of nitrogens with one attached hydrogen (secondary N) is 3. The number of carbonyl (C=O) groups is 3. The Hall–Kier alpha value is -6.13. The number of anilines is 2. The largest absolute Gasteiger partial charge is 0.416 e. The minimum Gasteiger partial charge on any atom is -0.379 e. The van der Waals surface area contributed by atoms with Gasteiger partial charge >= 0.3 is 6.18 Å². The smallest absolute Gasteiger partial charge is 0.379 e. The fourth-order valence-electron chi connectivity index (χ4n) is 7.20. The monoisotopic (exact) mass is 925 g/mol. The summed E-state index contributed by atoms with van der Waals surface area (Å²) in [6.07, 6.45) is 0.422. The number of carbonyl (C=O) groups excluding carboxylic acids is 3.